The van der Waals surface area contributed by atoms with E-state index < -0.39 is 23.4 Å². The molecule has 0 aliphatic carbocycles. The number of alkyl halides is 3. The average molecular weight is 541 g/mol. The molecule has 0 unspecified atom stereocenters. The third kappa shape index (κ3) is 5.61. The number of aromatic nitrogens is 4. The number of aryl methyl sites for hydroxylation is 1. The Balaban J connectivity index is 1.87. The van der Waals surface area contributed by atoms with Crippen molar-refractivity contribution < 1.29 is 23.0 Å². The number of imidazole rings is 1. The van der Waals surface area contributed by atoms with Crippen LogP contribution in [0.2, 0.25) is 5.02 Å². The van der Waals surface area contributed by atoms with E-state index in [4.69, 9.17) is 11.6 Å². The topological polar surface area (TPSA) is 91.3 Å². The molecule has 36 heavy (non-hydrogen) atoms. The zero-order valence-corrected chi connectivity index (χ0v) is 20.4. The van der Waals surface area contributed by atoms with Gasteiger partial charge in [0.1, 0.15) is 5.75 Å². The van der Waals surface area contributed by atoms with Crippen molar-refractivity contribution in [3.05, 3.63) is 80.0 Å². The van der Waals surface area contributed by atoms with E-state index in [0.717, 1.165) is 21.9 Å². The maximum absolute atomic E-state index is 13.4. The first-order chi connectivity index (χ1) is 17.1. The van der Waals surface area contributed by atoms with E-state index in [-0.39, 0.29) is 42.4 Å². The Labute approximate surface area is 211 Å². The van der Waals surface area contributed by atoms with E-state index in [1.165, 1.54) is 29.8 Å². The number of hydrogen-bond donors (Lipinski definition) is 1. The van der Waals surface area contributed by atoms with Gasteiger partial charge in [-0.2, -0.15) is 0 Å². The molecule has 0 spiro atoms. The van der Waals surface area contributed by atoms with Gasteiger partial charge in [-0.3, -0.25) is 13.9 Å². The smallest absolute Gasteiger partial charge is 0.406 e. The molecule has 190 valence electrons. The molecule has 2 aromatic carbocycles. The minimum absolute atomic E-state index is 0.0172. The maximum atomic E-state index is 13.4. The van der Waals surface area contributed by atoms with E-state index in [9.17, 15) is 27.9 Å². The predicted molar refractivity (Wildman–Crippen MR) is 129 cm³/mol. The Hall–Kier alpha value is -3.22. The summed E-state index contributed by atoms with van der Waals surface area (Å²) in [5.41, 5.74) is -0.109. The number of aliphatic hydroxyl groups excluding tert-OH is 1. The second kappa shape index (κ2) is 10.4. The Morgan fingerprint density at radius 2 is 1.83 bits per heavy atom. The standard InChI is InChI=1S/C23H20ClF3N4O4S/c1-29-19-18(20(33)30(22(29)34)10-3-11-32)31(13-14-6-8-15(24)9-7-14)21(28-19)36-17-5-2-4-16(12-17)35-23(25,26)27/h2,4-9,12,32H,3,10-11,13H2,1H3. The molecule has 0 bridgehead atoms. The van der Waals surface area contributed by atoms with E-state index in [0.29, 0.717) is 9.92 Å². The van der Waals surface area contributed by atoms with Crippen molar-refractivity contribution >= 4 is 34.5 Å². The molecule has 0 saturated heterocycles. The third-order valence-corrected chi connectivity index (χ3v) is 6.48. The molecule has 4 aromatic rings. The number of ether oxygens (including phenoxy) is 1. The third-order valence-electron chi connectivity index (χ3n) is 5.24. The summed E-state index contributed by atoms with van der Waals surface area (Å²) in [7, 11) is 1.48. The predicted octanol–water partition coefficient (Wildman–Crippen LogP) is 4.03. The summed E-state index contributed by atoms with van der Waals surface area (Å²) in [6, 6.07) is 12.3. The quantitative estimate of drug-likeness (QED) is 0.363. The summed E-state index contributed by atoms with van der Waals surface area (Å²) in [6.45, 7) is 0.000664. The van der Waals surface area contributed by atoms with Crippen LogP contribution in [0.4, 0.5) is 13.2 Å². The van der Waals surface area contributed by atoms with Crippen molar-refractivity contribution in [1.29, 1.82) is 0 Å². The van der Waals surface area contributed by atoms with Crippen molar-refractivity contribution in [3.8, 4) is 5.75 Å². The highest BCUT2D eigenvalue weighted by Gasteiger charge is 2.31. The minimum atomic E-state index is -4.84. The Bertz CT molecular complexity index is 1510. The molecule has 0 saturated carbocycles. The van der Waals surface area contributed by atoms with Gasteiger partial charge in [0.25, 0.3) is 5.56 Å². The summed E-state index contributed by atoms with van der Waals surface area (Å²) in [5, 5.41) is 10.0. The van der Waals surface area contributed by atoms with Crippen molar-refractivity contribution in [2.45, 2.75) is 35.9 Å². The van der Waals surface area contributed by atoms with E-state index in [2.05, 4.69) is 9.72 Å². The van der Waals surface area contributed by atoms with Gasteiger partial charge in [0.2, 0.25) is 0 Å². The lowest BCUT2D eigenvalue weighted by molar-refractivity contribution is -0.274. The number of fused-ring (bicyclic) bond motifs is 1. The summed E-state index contributed by atoms with van der Waals surface area (Å²) < 4.78 is 46.0. The van der Waals surface area contributed by atoms with Crippen LogP contribution in [0.25, 0.3) is 11.2 Å². The molecule has 8 nitrogen and oxygen atoms in total. The van der Waals surface area contributed by atoms with Crippen molar-refractivity contribution in [2.75, 3.05) is 6.61 Å². The first-order valence-corrected chi connectivity index (χ1v) is 11.9. The van der Waals surface area contributed by atoms with Gasteiger partial charge in [-0.1, -0.05) is 41.6 Å². The SMILES string of the molecule is Cn1c(=O)n(CCCO)c(=O)c2c1nc(Sc1cccc(OC(F)(F)F)c1)n2Cc1ccc(Cl)cc1. The van der Waals surface area contributed by atoms with Gasteiger partial charge in [-0.05, 0) is 42.3 Å². The molecule has 0 fully saturated rings. The number of halogens is 4. The van der Waals surface area contributed by atoms with Crippen LogP contribution < -0.4 is 16.0 Å². The summed E-state index contributed by atoms with van der Waals surface area (Å²) in [6.07, 6.45) is -4.64. The molecule has 13 heteroatoms. The first-order valence-electron chi connectivity index (χ1n) is 10.7. The van der Waals surface area contributed by atoms with Gasteiger partial charge < -0.3 is 14.4 Å². The van der Waals surface area contributed by atoms with Crippen LogP contribution in [-0.2, 0) is 20.1 Å². The van der Waals surface area contributed by atoms with E-state index >= 15 is 0 Å². The fourth-order valence-electron chi connectivity index (χ4n) is 3.61. The van der Waals surface area contributed by atoms with Gasteiger partial charge in [0, 0.05) is 30.1 Å². The maximum Gasteiger partial charge on any atom is 0.573 e. The van der Waals surface area contributed by atoms with Crippen molar-refractivity contribution in [2.24, 2.45) is 7.05 Å². The Morgan fingerprint density at radius 3 is 2.50 bits per heavy atom. The van der Waals surface area contributed by atoms with Crippen molar-refractivity contribution in [1.82, 2.24) is 18.7 Å². The minimum Gasteiger partial charge on any atom is -0.406 e. The Morgan fingerprint density at radius 1 is 1.11 bits per heavy atom. The zero-order chi connectivity index (χ0) is 26.0. The number of nitrogens with zero attached hydrogens (tertiary/aromatic N) is 4. The average Bonchev–Trinajstić information content (AvgIpc) is 3.16. The van der Waals surface area contributed by atoms with Crippen LogP contribution in [0.5, 0.6) is 5.75 Å². The van der Waals surface area contributed by atoms with Crippen molar-refractivity contribution in [3.63, 3.8) is 0 Å². The van der Waals surface area contributed by atoms with Crippen LogP contribution in [0, 0.1) is 0 Å². The molecule has 0 aliphatic heterocycles. The first kappa shape index (κ1) is 25.9. The van der Waals surface area contributed by atoms with Crippen LogP contribution in [0.1, 0.15) is 12.0 Å². The lowest BCUT2D eigenvalue weighted by Gasteiger charge is -2.12. The fraction of sp³-hybridized carbons (Fsp3) is 0.261. The van der Waals surface area contributed by atoms with Crippen LogP contribution in [0.3, 0.4) is 0 Å². The largest absolute Gasteiger partial charge is 0.573 e. The second-order valence-corrected chi connectivity index (χ2v) is 9.26. The lowest BCUT2D eigenvalue weighted by atomic mass is 10.2. The molecular formula is C23H20ClF3N4O4S. The summed E-state index contributed by atoms with van der Waals surface area (Å²) >= 11 is 7.02. The molecule has 0 aliphatic rings. The van der Waals surface area contributed by atoms with Gasteiger partial charge in [-0.15, -0.1) is 13.2 Å². The van der Waals surface area contributed by atoms with Gasteiger partial charge in [-0.25, -0.2) is 9.78 Å². The van der Waals surface area contributed by atoms with Crippen LogP contribution in [-0.4, -0.2) is 36.8 Å². The molecule has 1 N–H and O–H groups in total. The molecule has 2 heterocycles. The number of rotatable bonds is 8. The zero-order valence-electron chi connectivity index (χ0n) is 18.8. The van der Waals surface area contributed by atoms with Gasteiger partial charge >= 0.3 is 12.1 Å². The lowest BCUT2D eigenvalue weighted by Crippen LogP contribution is -2.39. The number of aliphatic hydroxyl groups is 1. The summed E-state index contributed by atoms with van der Waals surface area (Å²) in [5.74, 6) is -0.397. The number of hydrogen-bond acceptors (Lipinski definition) is 6. The van der Waals surface area contributed by atoms with Gasteiger partial charge in [0.15, 0.2) is 16.3 Å². The molecular weight excluding hydrogens is 521 g/mol. The van der Waals surface area contributed by atoms with Gasteiger partial charge in [0.05, 0.1) is 6.54 Å². The van der Waals surface area contributed by atoms with Crippen LogP contribution in [0.15, 0.2) is 68.2 Å². The fourth-order valence-corrected chi connectivity index (χ4v) is 4.67. The molecule has 0 radical (unpaired) electrons. The monoisotopic (exact) mass is 540 g/mol. The number of benzene rings is 2. The normalized spacial score (nSPS) is 11.8. The Kier molecular flexibility index (Phi) is 7.48. The molecule has 4 rings (SSSR count). The van der Waals surface area contributed by atoms with Crippen LogP contribution >= 0.6 is 23.4 Å². The van der Waals surface area contributed by atoms with E-state index in [1.54, 1.807) is 34.9 Å². The van der Waals surface area contributed by atoms with E-state index in [1.807, 2.05) is 0 Å². The molecule has 0 amide bonds. The highest BCUT2D eigenvalue weighted by molar-refractivity contribution is 7.99. The second-order valence-electron chi connectivity index (χ2n) is 7.78. The summed E-state index contributed by atoms with van der Waals surface area (Å²) in [4.78, 5) is 31.1. The highest BCUT2D eigenvalue weighted by atomic mass is 35.5. The molecule has 0 atom stereocenters. The highest BCUT2D eigenvalue weighted by Crippen LogP contribution is 2.33. The molecule has 2 aromatic heterocycles.